The van der Waals surface area contributed by atoms with Gasteiger partial charge in [-0.2, -0.15) is 0 Å². The van der Waals surface area contributed by atoms with Crippen LogP contribution in [0.4, 0.5) is 0 Å². The lowest BCUT2D eigenvalue weighted by atomic mass is 9.81. The van der Waals surface area contributed by atoms with Crippen LogP contribution in [0.3, 0.4) is 0 Å². The standard InChI is InChI=1S/C17H23NO3/c1-13(14-9-5-3-6-10-14)15(19)18-17(16(20)21-2)11-7-4-8-12-17/h3,5-6,9-10,13H,4,7-8,11-12H2,1-2H3,(H,18,19)/t13-/m0/s1. The van der Waals surface area contributed by atoms with Gasteiger partial charge in [0.15, 0.2) is 0 Å². The lowest BCUT2D eigenvalue weighted by Gasteiger charge is -2.36. The molecule has 1 aliphatic rings. The fraction of sp³-hybridized carbons (Fsp3) is 0.529. The SMILES string of the molecule is COC(=O)C1(NC(=O)[C@@H](C)c2ccccc2)CCCCC1. The van der Waals surface area contributed by atoms with Gasteiger partial charge in [-0.3, -0.25) is 4.79 Å². The van der Waals surface area contributed by atoms with Gasteiger partial charge in [-0.05, 0) is 25.3 Å². The molecule has 0 saturated heterocycles. The molecule has 21 heavy (non-hydrogen) atoms. The van der Waals surface area contributed by atoms with Gasteiger partial charge in [-0.1, -0.05) is 49.6 Å². The average molecular weight is 289 g/mol. The first-order chi connectivity index (χ1) is 10.1. The molecule has 1 atom stereocenters. The average Bonchev–Trinajstić information content (AvgIpc) is 2.55. The van der Waals surface area contributed by atoms with Crippen molar-refractivity contribution in [3.8, 4) is 0 Å². The van der Waals surface area contributed by atoms with E-state index in [0.29, 0.717) is 12.8 Å². The van der Waals surface area contributed by atoms with Gasteiger partial charge in [-0.15, -0.1) is 0 Å². The first-order valence-electron chi connectivity index (χ1n) is 7.54. The highest BCUT2D eigenvalue weighted by molar-refractivity contribution is 5.91. The third kappa shape index (κ3) is 3.43. The summed E-state index contributed by atoms with van der Waals surface area (Å²) in [7, 11) is 1.38. The Morgan fingerprint density at radius 3 is 2.33 bits per heavy atom. The van der Waals surface area contributed by atoms with Crippen molar-refractivity contribution in [2.45, 2.75) is 50.5 Å². The number of amides is 1. The van der Waals surface area contributed by atoms with Gasteiger partial charge < -0.3 is 10.1 Å². The minimum Gasteiger partial charge on any atom is -0.467 e. The Bertz CT molecular complexity index is 492. The van der Waals surface area contributed by atoms with E-state index >= 15 is 0 Å². The molecule has 1 fully saturated rings. The van der Waals surface area contributed by atoms with Crippen molar-refractivity contribution in [2.24, 2.45) is 0 Å². The number of hydrogen-bond acceptors (Lipinski definition) is 3. The highest BCUT2D eigenvalue weighted by Gasteiger charge is 2.42. The van der Waals surface area contributed by atoms with Gasteiger partial charge in [0, 0.05) is 0 Å². The number of esters is 1. The van der Waals surface area contributed by atoms with Crippen LogP contribution >= 0.6 is 0 Å². The normalized spacial score (nSPS) is 18.6. The number of carbonyl (C=O) groups is 2. The number of benzene rings is 1. The Labute approximate surface area is 125 Å². The Kier molecular flexibility index (Phi) is 4.99. The van der Waals surface area contributed by atoms with Crippen molar-refractivity contribution in [3.63, 3.8) is 0 Å². The summed E-state index contributed by atoms with van der Waals surface area (Å²) < 4.78 is 4.93. The molecule has 0 heterocycles. The molecular formula is C17H23NO3. The molecule has 0 aliphatic heterocycles. The molecular weight excluding hydrogens is 266 g/mol. The molecule has 0 aromatic heterocycles. The molecule has 1 aromatic rings. The van der Waals surface area contributed by atoms with Gasteiger partial charge >= 0.3 is 5.97 Å². The molecule has 1 aromatic carbocycles. The molecule has 114 valence electrons. The first-order valence-corrected chi connectivity index (χ1v) is 7.54. The van der Waals surface area contributed by atoms with Crippen LogP contribution in [0, 0.1) is 0 Å². The van der Waals surface area contributed by atoms with Crippen LogP contribution in [0.15, 0.2) is 30.3 Å². The van der Waals surface area contributed by atoms with Crippen molar-refractivity contribution < 1.29 is 14.3 Å². The highest BCUT2D eigenvalue weighted by Crippen LogP contribution is 2.30. The number of methoxy groups -OCH3 is 1. The fourth-order valence-corrected chi connectivity index (χ4v) is 2.97. The maximum Gasteiger partial charge on any atom is 0.331 e. The molecule has 1 aliphatic carbocycles. The van der Waals surface area contributed by atoms with E-state index in [2.05, 4.69) is 5.32 Å². The van der Waals surface area contributed by atoms with E-state index in [-0.39, 0.29) is 17.8 Å². The zero-order valence-corrected chi connectivity index (χ0v) is 12.7. The van der Waals surface area contributed by atoms with E-state index < -0.39 is 5.54 Å². The van der Waals surface area contributed by atoms with E-state index in [4.69, 9.17) is 4.74 Å². The third-order valence-electron chi connectivity index (χ3n) is 4.34. The predicted octanol–water partition coefficient (Wildman–Crippen LogP) is 2.78. The van der Waals surface area contributed by atoms with Crippen LogP contribution in [0.1, 0.15) is 50.5 Å². The van der Waals surface area contributed by atoms with E-state index in [9.17, 15) is 9.59 Å². The number of ether oxygens (including phenoxy) is 1. The maximum absolute atomic E-state index is 12.5. The summed E-state index contributed by atoms with van der Waals surface area (Å²) >= 11 is 0. The second kappa shape index (κ2) is 6.74. The van der Waals surface area contributed by atoms with Gasteiger partial charge in [0.25, 0.3) is 0 Å². The fourth-order valence-electron chi connectivity index (χ4n) is 2.97. The largest absolute Gasteiger partial charge is 0.467 e. The summed E-state index contributed by atoms with van der Waals surface area (Å²) in [4.78, 5) is 24.7. The highest BCUT2D eigenvalue weighted by atomic mass is 16.5. The summed E-state index contributed by atoms with van der Waals surface area (Å²) in [5, 5.41) is 2.97. The van der Waals surface area contributed by atoms with Gasteiger partial charge in [0.05, 0.1) is 13.0 Å². The van der Waals surface area contributed by atoms with Gasteiger partial charge in [0.2, 0.25) is 5.91 Å². The lowest BCUT2D eigenvalue weighted by molar-refractivity contribution is -0.152. The molecule has 0 radical (unpaired) electrons. The summed E-state index contributed by atoms with van der Waals surface area (Å²) in [6.07, 6.45) is 4.30. The topological polar surface area (TPSA) is 55.4 Å². The number of hydrogen-bond donors (Lipinski definition) is 1. The van der Waals surface area contributed by atoms with Gasteiger partial charge in [-0.25, -0.2) is 4.79 Å². The first kappa shape index (κ1) is 15.5. The molecule has 0 unspecified atom stereocenters. The predicted molar refractivity (Wildman–Crippen MR) is 80.8 cm³/mol. The summed E-state index contributed by atoms with van der Waals surface area (Å²) in [6, 6.07) is 9.60. The zero-order valence-electron chi connectivity index (χ0n) is 12.7. The second-order valence-corrected chi connectivity index (χ2v) is 5.76. The molecule has 1 amide bonds. The molecule has 4 nitrogen and oxygen atoms in total. The number of carbonyl (C=O) groups excluding carboxylic acids is 2. The van der Waals surface area contributed by atoms with E-state index in [1.165, 1.54) is 7.11 Å². The molecule has 2 rings (SSSR count). The van der Waals surface area contributed by atoms with Crippen molar-refractivity contribution >= 4 is 11.9 Å². The molecule has 1 saturated carbocycles. The van der Waals surface area contributed by atoms with Gasteiger partial charge in [0.1, 0.15) is 5.54 Å². The van der Waals surface area contributed by atoms with Crippen molar-refractivity contribution in [1.29, 1.82) is 0 Å². The van der Waals surface area contributed by atoms with E-state index in [1.807, 2.05) is 37.3 Å². The second-order valence-electron chi connectivity index (χ2n) is 5.76. The van der Waals surface area contributed by atoms with Crippen LogP contribution in [-0.2, 0) is 14.3 Å². The van der Waals surface area contributed by atoms with Crippen LogP contribution in [0.5, 0.6) is 0 Å². The Hall–Kier alpha value is -1.84. The Morgan fingerprint density at radius 1 is 1.14 bits per heavy atom. The summed E-state index contributed by atoms with van der Waals surface area (Å²) in [6.45, 7) is 1.86. The molecule has 4 heteroatoms. The minimum atomic E-state index is -0.840. The molecule has 0 spiro atoms. The third-order valence-corrected chi connectivity index (χ3v) is 4.34. The summed E-state index contributed by atoms with van der Waals surface area (Å²) in [5.41, 5.74) is 0.110. The quantitative estimate of drug-likeness (QED) is 0.867. The van der Waals surface area contributed by atoms with Crippen molar-refractivity contribution in [3.05, 3.63) is 35.9 Å². The summed E-state index contributed by atoms with van der Waals surface area (Å²) in [5.74, 6) is -0.723. The smallest absolute Gasteiger partial charge is 0.331 e. The minimum absolute atomic E-state index is 0.117. The van der Waals surface area contributed by atoms with E-state index in [1.54, 1.807) is 0 Å². The van der Waals surface area contributed by atoms with Crippen LogP contribution < -0.4 is 5.32 Å². The van der Waals surface area contributed by atoms with Crippen molar-refractivity contribution in [1.82, 2.24) is 5.32 Å². The lowest BCUT2D eigenvalue weighted by Crippen LogP contribution is -2.56. The maximum atomic E-state index is 12.5. The molecule has 1 N–H and O–H groups in total. The van der Waals surface area contributed by atoms with Crippen LogP contribution in [0.25, 0.3) is 0 Å². The monoisotopic (exact) mass is 289 g/mol. The van der Waals surface area contributed by atoms with Crippen LogP contribution in [-0.4, -0.2) is 24.5 Å². The number of rotatable bonds is 4. The van der Waals surface area contributed by atoms with E-state index in [0.717, 1.165) is 24.8 Å². The molecule has 0 bridgehead atoms. The van der Waals surface area contributed by atoms with Crippen molar-refractivity contribution in [2.75, 3.05) is 7.11 Å². The zero-order chi connectivity index (χ0) is 15.3. The Morgan fingerprint density at radius 2 is 1.76 bits per heavy atom. The number of nitrogens with one attached hydrogen (secondary N) is 1. The van der Waals surface area contributed by atoms with Crippen LogP contribution in [0.2, 0.25) is 0 Å². The Balaban J connectivity index is 2.13.